The molecule has 2 saturated carbocycles. The van der Waals surface area contributed by atoms with Gasteiger partial charge in [0.1, 0.15) is 17.5 Å². The average molecular weight is 517 g/mol. The van der Waals surface area contributed by atoms with Crippen molar-refractivity contribution < 1.29 is 34.2 Å². The van der Waals surface area contributed by atoms with Gasteiger partial charge in [0.05, 0.1) is 11.5 Å². The smallest absolute Gasteiger partial charge is 0.190 e. The molecule has 198 valence electrons. The minimum atomic E-state index is -2.60. The van der Waals surface area contributed by atoms with Crippen molar-refractivity contribution in [2.24, 2.45) is 35.5 Å². The summed E-state index contributed by atoms with van der Waals surface area (Å²) in [4.78, 5) is 66.9. The van der Waals surface area contributed by atoms with Gasteiger partial charge in [-0.05, 0) is 68.2 Å². The first-order valence-corrected chi connectivity index (χ1v) is 13.1. The number of carbonyl (C=O) groups excluding carboxylic acids is 5. The molecule has 2 N–H and O–H groups in total. The SMILES string of the molecule is CC(=O)C1C(=O)C(C(C)C)C2CC3Cc4c(-c5cc(C)cc(C)c5)ccc(O)c4C(=O)C3C(=O)C2(O)C1=O. The van der Waals surface area contributed by atoms with Crippen molar-refractivity contribution in [1.82, 2.24) is 0 Å². The lowest BCUT2D eigenvalue weighted by Crippen LogP contribution is -2.70. The first kappa shape index (κ1) is 26.2. The van der Waals surface area contributed by atoms with Crippen molar-refractivity contribution in [2.45, 2.75) is 53.1 Å². The lowest BCUT2D eigenvalue weighted by molar-refractivity contribution is -0.182. The number of aliphatic hydroxyl groups is 1. The third-order valence-electron chi connectivity index (χ3n) is 8.85. The van der Waals surface area contributed by atoms with Crippen molar-refractivity contribution in [1.29, 1.82) is 0 Å². The monoisotopic (exact) mass is 516 g/mol. The molecule has 7 heteroatoms. The Balaban J connectivity index is 1.67. The summed E-state index contributed by atoms with van der Waals surface area (Å²) in [5.74, 6) is -10.1. The molecule has 0 radical (unpaired) electrons. The van der Waals surface area contributed by atoms with Crippen LogP contribution in [0.4, 0.5) is 0 Å². The van der Waals surface area contributed by atoms with Gasteiger partial charge in [-0.1, -0.05) is 49.2 Å². The number of rotatable bonds is 3. The highest BCUT2D eigenvalue weighted by molar-refractivity contribution is 6.32. The van der Waals surface area contributed by atoms with Crippen LogP contribution in [0, 0.1) is 49.4 Å². The van der Waals surface area contributed by atoms with E-state index in [9.17, 15) is 34.2 Å². The topological polar surface area (TPSA) is 126 Å². The summed E-state index contributed by atoms with van der Waals surface area (Å²) < 4.78 is 0. The molecule has 2 aromatic rings. The highest BCUT2D eigenvalue weighted by Gasteiger charge is 2.68. The van der Waals surface area contributed by atoms with Gasteiger partial charge in [0.25, 0.3) is 0 Å². The summed E-state index contributed by atoms with van der Waals surface area (Å²) in [7, 11) is 0. The van der Waals surface area contributed by atoms with Crippen molar-refractivity contribution in [2.75, 3.05) is 0 Å². The third kappa shape index (κ3) is 3.55. The molecule has 6 unspecified atom stereocenters. The molecule has 3 aliphatic rings. The molecule has 38 heavy (non-hydrogen) atoms. The first-order valence-electron chi connectivity index (χ1n) is 13.1. The maximum atomic E-state index is 13.9. The van der Waals surface area contributed by atoms with Gasteiger partial charge >= 0.3 is 0 Å². The second-order valence-corrected chi connectivity index (χ2v) is 11.7. The van der Waals surface area contributed by atoms with Crippen LogP contribution in [0.2, 0.25) is 0 Å². The number of phenolic OH excluding ortho intramolecular Hbond substituents is 1. The molecule has 0 bridgehead atoms. The number of aryl methyl sites for hydroxylation is 2. The second kappa shape index (κ2) is 8.80. The average Bonchev–Trinajstić information content (AvgIpc) is 2.80. The van der Waals surface area contributed by atoms with Gasteiger partial charge in [-0.15, -0.1) is 0 Å². The van der Waals surface area contributed by atoms with E-state index in [-0.39, 0.29) is 30.1 Å². The lowest BCUT2D eigenvalue weighted by atomic mass is 9.49. The maximum absolute atomic E-state index is 13.9. The Hall–Kier alpha value is -3.45. The molecule has 6 atom stereocenters. The molecule has 3 aliphatic carbocycles. The number of carbonyl (C=O) groups is 5. The Morgan fingerprint density at radius 1 is 1.00 bits per heavy atom. The van der Waals surface area contributed by atoms with Crippen LogP contribution in [0.3, 0.4) is 0 Å². The van der Waals surface area contributed by atoms with Gasteiger partial charge in [0.2, 0.25) is 0 Å². The molecule has 0 saturated heterocycles. The van der Waals surface area contributed by atoms with E-state index in [1.807, 2.05) is 32.0 Å². The summed E-state index contributed by atoms with van der Waals surface area (Å²) in [5.41, 5.74) is 1.79. The molecule has 0 heterocycles. The van der Waals surface area contributed by atoms with Gasteiger partial charge in [0, 0.05) is 11.8 Å². The van der Waals surface area contributed by atoms with Gasteiger partial charge < -0.3 is 10.2 Å². The third-order valence-corrected chi connectivity index (χ3v) is 8.85. The molecule has 0 aliphatic heterocycles. The fraction of sp³-hybridized carbons (Fsp3) is 0.452. The van der Waals surface area contributed by atoms with Gasteiger partial charge in [0.15, 0.2) is 28.7 Å². The zero-order valence-corrected chi connectivity index (χ0v) is 22.2. The quantitative estimate of drug-likeness (QED) is 0.597. The fourth-order valence-corrected chi connectivity index (χ4v) is 7.37. The Bertz CT molecular complexity index is 1410. The molecule has 0 amide bonds. The van der Waals surface area contributed by atoms with Crippen molar-refractivity contribution >= 4 is 28.9 Å². The molecular formula is C31H32O7. The molecule has 0 aromatic heterocycles. The van der Waals surface area contributed by atoms with Crippen LogP contribution in [0.25, 0.3) is 11.1 Å². The predicted molar refractivity (Wildman–Crippen MR) is 139 cm³/mol. The van der Waals surface area contributed by atoms with Crippen molar-refractivity contribution in [3.63, 3.8) is 0 Å². The Morgan fingerprint density at radius 3 is 2.21 bits per heavy atom. The Morgan fingerprint density at radius 2 is 1.63 bits per heavy atom. The fourth-order valence-electron chi connectivity index (χ4n) is 7.37. The molecule has 2 fully saturated rings. The van der Waals surface area contributed by atoms with Crippen LogP contribution in [0.1, 0.15) is 54.2 Å². The van der Waals surface area contributed by atoms with E-state index >= 15 is 0 Å². The van der Waals surface area contributed by atoms with E-state index < -0.39 is 64.1 Å². The predicted octanol–water partition coefficient (Wildman–Crippen LogP) is 3.60. The van der Waals surface area contributed by atoms with Crippen molar-refractivity contribution in [3.05, 3.63) is 52.6 Å². The lowest BCUT2D eigenvalue weighted by Gasteiger charge is -2.52. The largest absolute Gasteiger partial charge is 0.507 e. The number of fused-ring (bicyclic) bond motifs is 3. The maximum Gasteiger partial charge on any atom is 0.190 e. The van der Waals surface area contributed by atoms with Gasteiger partial charge in [-0.25, -0.2) is 0 Å². The highest BCUT2D eigenvalue weighted by atomic mass is 16.3. The number of aromatic hydroxyl groups is 1. The van der Waals surface area contributed by atoms with E-state index in [0.29, 0.717) is 5.56 Å². The summed E-state index contributed by atoms with van der Waals surface area (Å²) in [6, 6.07) is 9.22. The molecule has 7 nitrogen and oxygen atoms in total. The van der Waals surface area contributed by atoms with E-state index in [2.05, 4.69) is 0 Å². The summed E-state index contributed by atoms with van der Waals surface area (Å²) in [6.45, 7) is 8.59. The number of phenols is 1. The highest BCUT2D eigenvalue weighted by Crippen LogP contribution is 2.53. The standard InChI is InChI=1S/C31H32O7/c1-13(2)23-21-12-18-11-20-19(17-9-14(3)8-15(4)10-17)6-7-22(33)26(20)28(35)25(18)30(37)31(21,38)29(36)24(16(5)32)27(23)34/h6-10,13,18,21,23-25,33,38H,11-12H2,1-5H3. The van der Waals surface area contributed by atoms with Crippen LogP contribution >= 0.6 is 0 Å². The Kier molecular flexibility index (Phi) is 6.06. The van der Waals surface area contributed by atoms with E-state index in [1.165, 1.54) is 6.07 Å². The molecule has 0 spiro atoms. The molecular weight excluding hydrogens is 484 g/mol. The van der Waals surface area contributed by atoms with Crippen LogP contribution < -0.4 is 0 Å². The number of hydrogen-bond donors (Lipinski definition) is 2. The van der Waals surface area contributed by atoms with Crippen molar-refractivity contribution in [3.8, 4) is 16.9 Å². The zero-order chi connectivity index (χ0) is 27.8. The summed E-state index contributed by atoms with van der Waals surface area (Å²) in [6.07, 6.45) is 0.370. The van der Waals surface area contributed by atoms with E-state index in [0.717, 1.165) is 29.2 Å². The van der Waals surface area contributed by atoms with Crippen LogP contribution in [0.15, 0.2) is 30.3 Å². The van der Waals surface area contributed by atoms with Gasteiger partial charge in [-0.2, -0.15) is 0 Å². The number of hydrogen-bond acceptors (Lipinski definition) is 7. The minimum Gasteiger partial charge on any atom is -0.507 e. The summed E-state index contributed by atoms with van der Waals surface area (Å²) >= 11 is 0. The number of ketones is 5. The number of Topliss-reactive ketones (excluding diaryl/α,β-unsaturated/α-hetero) is 5. The zero-order valence-electron chi connectivity index (χ0n) is 22.2. The second-order valence-electron chi connectivity index (χ2n) is 11.7. The van der Waals surface area contributed by atoms with Crippen LogP contribution in [-0.4, -0.2) is 44.7 Å². The summed E-state index contributed by atoms with van der Waals surface area (Å²) in [5, 5.41) is 22.5. The van der Waals surface area contributed by atoms with Gasteiger partial charge in [-0.3, -0.25) is 24.0 Å². The van der Waals surface area contributed by atoms with E-state index in [1.54, 1.807) is 19.9 Å². The van der Waals surface area contributed by atoms with Crippen LogP contribution in [0.5, 0.6) is 5.75 Å². The molecule has 5 rings (SSSR count). The Labute approximate surface area is 221 Å². The van der Waals surface area contributed by atoms with E-state index in [4.69, 9.17) is 0 Å². The first-order chi connectivity index (χ1) is 17.8. The van der Waals surface area contributed by atoms with Crippen LogP contribution in [-0.2, 0) is 25.6 Å². The minimum absolute atomic E-state index is 0.0289. The normalized spacial score (nSPS) is 30.7. The molecule has 2 aromatic carbocycles. The number of benzene rings is 2.